The number of hydrogen-bond acceptors (Lipinski definition) is 5. The molecule has 2 heterocycles. The third kappa shape index (κ3) is 5.56. The first kappa shape index (κ1) is 27.6. The van der Waals surface area contributed by atoms with Crippen LogP contribution in [0.3, 0.4) is 0 Å². The molecule has 3 amide bonds. The number of H-pyrrole nitrogens is 1. The van der Waals surface area contributed by atoms with Gasteiger partial charge in [0.05, 0.1) is 24.2 Å². The number of aromatic amines is 1. The lowest BCUT2D eigenvalue weighted by molar-refractivity contribution is -0.132. The number of methoxy groups -OCH3 is 1. The maximum atomic E-state index is 14.3. The Hall–Kier alpha value is -4.92. The van der Waals surface area contributed by atoms with E-state index < -0.39 is 11.8 Å². The van der Waals surface area contributed by atoms with Gasteiger partial charge in [0.15, 0.2) is 0 Å². The summed E-state index contributed by atoms with van der Waals surface area (Å²) < 4.78 is 5.28. The molecule has 0 saturated heterocycles. The van der Waals surface area contributed by atoms with Crippen LogP contribution in [-0.2, 0) is 20.8 Å². The third-order valence-corrected chi connectivity index (χ3v) is 7.11. The molecule has 0 aliphatic carbocycles. The first-order chi connectivity index (χ1) is 19.8. The molecule has 9 nitrogen and oxygen atoms in total. The molecule has 1 aromatic heterocycles. The second-order valence-electron chi connectivity index (χ2n) is 10.3. The molecule has 1 aliphatic heterocycles. The molecule has 210 valence electrons. The number of benzene rings is 3. The lowest BCUT2D eigenvalue weighted by Crippen LogP contribution is -2.48. The van der Waals surface area contributed by atoms with Crippen molar-refractivity contribution < 1.29 is 19.1 Å². The molecule has 1 atom stereocenters. The minimum absolute atomic E-state index is 0.0936. The number of carbonyl (C=O) groups is 3. The van der Waals surface area contributed by atoms with Crippen molar-refractivity contribution in [3.8, 4) is 5.75 Å². The van der Waals surface area contributed by atoms with E-state index in [4.69, 9.17) is 4.74 Å². The zero-order valence-corrected chi connectivity index (χ0v) is 23.6. The van der Waals surface area contributed by atoms with E-state index in [-0.39, 0.29) is 30.8 Å². The summed E-state index contributed by atoms with van der Waals surface area (Å²) in [4.78, 5) is 47.2. The Bertz CT molecular complexity index is 1550. The second-order valence-corrected chi connectivity index (χ2v) is 10.3. The van der Waals surface area contributed by atoms with E-state index in [9.17, 15) is 14.4 Å². The molecule has 9 heteroatoms. The van der Waals surface area contributed by atoms with Gasteiger partial charge in [0.1, 0.15) is 18.2 Å². The molecule has 1 N–H and O–H groups in total. The van der Waals surface area contributed by atoms with Gasteiger partial charge in [0.25, 0.3) is 0 Å². The van der Waals surface area contributed by atoms with E-state index in [1.54, 1.807) is 47.2 Å². The lowest BCUT2D eigenvalue weighted by atomic mass is 9.99. The van der Waals surface area contributed by atoms with Crippen molar-refractivity contribution in [3.05, 3.63) is 96.3 Å². The van der Waals surface area contributed by atoms with Crippen LogP contribution in [0.5, 0.6) is 5.75 Å². The number of para-hydroxylation sites is 3. The van der Waals surface area contributed by atoms with Gasteiger partial charge in [-0.1, -0.05) is 30.3 Å². The average molecular weight is 552 g/mol. The number of ether oxygens (including phenoxy) is 1. The number of hydrogen-bond donors (Lipinski definition) is 1. The molecule has 0 saturated carbocycles. The summed E-state index contributed by atoms with van der Waals surface area (Å²) >= 11 is 0. The minimum atomic E-state index is -1.09. The molecular weight excluding hydrogens is 518 g/mol. The van der Waals surface area contributed by atoms with Crippen molar-refractivity contribution in [1.82, 2.24) is 10.2 Å². The van der Waals surface area contributed by atoms with Gasteiger partial charge in [-0.3, -0.25) is 24.4 Å². The second kappa shape index (κ2) is 11.7. The van der Waals surface area contributed by atoms with Crippen molar-refractivity contribution in [1.29, 1.82) is 0 Å². The van der Waals surface area contributed by atoms with Gasteiger partial charge in [0, 0.05) is 29.5 Å². The highest BCUT2D eigenvalue weighted by Gasteiger charge is 2.42. The molecule has 3 aromatic carbocycles. The number of rotatable bonds is 8. The topological polar surface area (TPSA) is 98.8 Å². The lowest BCUT2D eigenvalue weighted by Gasteiger charge is -2.31. The SMILES string of the molecule is COc1ccc(N(C(=O)CN2C(=O)C(Cc3cc(C)[nH]n3)C(=O)N(c3ccccc3)c3ccccc32)C(C)C)cc1. The van der Waals surface area contributed by atoms with Crippen molar-refractivity contribution in [2.45, 2.75) is 33.2 Å². The average Bonchev–Trinajstić information content (AvgIpc) is 3.37. The predicted molar refractivity (Wildman–Crippen MR) is 159 cm³/mol. The van der Waals surface area contributed by atoms with Gasteiger partial charge in [-0.05, 0) is 75.4 Å². The van der Waals surface area contributed by atoms with Crippen molar-refractivity contribution in [3.63, 3.8) is 0 Å². The van der Waals surface area contributed by atoms with Gasteiger partial charge < -0.3 is 14.5 Å². The van der Waals surface area contributed by atoms with Crippen LogP contribution in [0, 0.1) is 12.8 Å². The maximum Gasteiger partial charge on any atom is 0.247 e. The summed E-state index contributed by atoms with van der Waals surface area (Å²) in [5.41, 5.74) is 3.77. The van der Waals surface area contributed by atoms with E-state index in [1.165, 1.54) is 4.90 Å². The fourth-order valence-electron chi connectivity index (χ4n) is 5.22. The fraction of sp³-hybridized carbons (Fsp3) is 0.250. The van der Waals surface area contributed by atoms with Gasteiger partial charge in [-0.25, -0.2) is 0 Å². The third-order valence-electron chi connectivity index (χ3n) is 7.11. The zero-order chi connectivity index (χ0) is 29.1. The summed E-state index contributed by atoms with van der Waals surface area (Å²) in [5.74, 6) is -1.51. The summed E-state index contributed by atoms with van der Waals surface area (Å²) in [6, 6.07) is 25.3. The molecule has 0 radical (unpaired) electrons. The van der Waals surface area contributed by atoms with E-state index >= 15 is 0 Å². The predicted octanol–water partition coefficient (Wildman–Crippen LogP) is 5.04. The Morgan fingerprint density at radius 2 is 1.61 bits per heavy atom. The quantitative estimate of drug-likeness (QED) is 0.310. The van der Waals surface area contributed by atoms with E-state index in [0.717, 1.165) is 5.69 Å². The Morgan fingerprint density at radius 1 is 0.951 bits per heavy atom. The Labute approximate surface area is 239 Å². The van der Waals surface area contributed by atoms with Crippen LogP contribution in [0.2, 0.25) is 0 Å². The highest BCUT2D eigenvalue weighted by molar-refractivity contribution is 6.21. The zero-order valence-electron chi connectivity index (χ0n) is 23.6. The number of aromatic nitrogens is 2. The number of nitrogens with one attached hydrogen (secondary N) is 1. The van der Waals surface area contributed by atoms with E-state index in [0.29, 0.717) is 34.2 Å². The van der Waals surface area contributed by atoms with Gasteiger partial charge >= 0.3 is 0 Å². The fourth-order valence-corrected chi connectivity index (χ4v) is 5.22. The standard InChI is InChI=1S/C32H33N5O4/c1-21(2)36(25-14-16-26(41-4)17-15-25)30(38)20-35-28-12-8-9-13-29(28)37(24-10-6-5-7-11-24)32(40)27(31(35)39)19-23-18-22(3)33-34-23/h5-18,21,27H,19-20H2,1-4H3,(H,33,34). The number of anilines is 4. The van der Waals surface area contributed by atoms with Crippen LogP contribution in [0.1, 0.15) is 25.2 Å². The van der Waals surface area contributed by atoms with Crippen LogP contribution < -0.4 is 19.4 Å². The number of nitrogens with zero attached hydrogens (tertiary/aromatic N) is 4. The monoisotopic (exact) mass is 551 g/mol. The largest absolute Gasteiger partial charge is 0.497 e. The Kier molecular flexibility index (Phi) is 7.87. The minimum Gasteiger partial charge on any atom is -0.497 e. The first-order valence-electron chi connectivity index (χ1n) is 13.5. The smallest absolute Gasteiger partial charge is 0.247 e. The summed E-state index contributed by atoms with van der Waals surface area (Å²) in [5, 5.41) is 7.19. The van der Waals surface area contributed by atoms with E-state index in [2.05, 4.69) is 10.2 Å². The van der Waals surface area contributed by atoms with Crippen LogP contribution in [0.25, 0.3) is 0 Å². The number of carbonyl (C=O) groups excluding carboxylic acids is 3. The molecule has 0 fully saturated rings. The van der Waals surface area contributed by atoms with Crippen molar-refractivity contribution in [2.75, 3.05) is 28.4 Å². The van der Waals surface area contributed by atoms with Crippen LogP contribution in [-0.4, -0.2) is 47.6 Å². The van der Waals surface area contributed by atoms with Crippen LogP contribution >= 0.6 is 0 Å². The highest BCUT2D eigenvalue weighted by Crippen LogP contribution is 2.40. The van der Waals surface area contributed by atoms with Crippen molar-refractivity contribution in [2.24, 2.45) is 5.92 Å². The molecule has 5 rings (SSSR count). The molecule has 4 aromatic rings. The van der Waals surface area contributed by atoms with Crippen LogP contribution in [0.15, 0.2) is 84.9 Å². The Morgan fingerprint density at radius 3 is 2.22 bits per heavy atom. The molecule has 1 unspecified atom stereocenters. The van der Waals surface area contributed by atoms with Gasteiger partial charge in [-0.15, -0.1) is 0 Å². The summed E-state index contributed by atoms with van der Waals surface area (Å²) in [7, 11) is 1.59. The Balaban J connectivity index is 1.58. The van der Waals surface area contributed by atoms with Gasteiger partial charge in [0.2, 0.25) is 17.7 Å². The molecule has 0 spiro atoms. The van der Waals surface area contributed by atoms with Crippen molar-refractivity contribution >= 4 is 40.5 Å². The van der Waals surface area contributed by atoms with Crippen LogP contribution in [0.4, 0.5) is 22.7 Å². The maximum absolute atomic E-state index is 14.3. The highest BCUT2D eigenvalue weighted by atomic mass is 16.5. The summed E-state index contributed by atoms with van der Waals surface area (Å²) in [6.45, 7) is 5.46. The van der Waals surface area contributed by atoms with Gasteiger partial charge in [-0.2, -0.15) is 5.10 Å². The normalized spacial score (nSPS) is 15.1. The molecular formula is C32H33N5O4. The molecule has 1 aliphatic rings. The molecule has 41 heavy (non-hydrogen) atoms. The molecule has 0 bridgehead atoms. The number of aryl methyl sites for hydroxylation is 1. The van der Waals surface area contributed by atoms with E-state index in [1.807, 2.05) is 75.4 Å². The number of fused-ring (bicyclic) bond motifs is 1. The first-order valence-corrected chi connectivity index (χ1v) is 13.5. The number of amides is 3. The summed E-state index contributed by atoms with van der Waals surface area (Å²) in [6.07, 6.45) is 0.0936.